The van der Waals surface area contributed by atoms with E-state index in [4.69, 9.17) is 0 Å². The monoisotopic (exact) mass is 342 g/mol. The van der Waals surface area contributed by atoms with E-state index in [0.29, 0.717) is 5.92 Å². The van der Waals surface area contributed by atoms with Crippen molar-refractivity contribution in [3.63, 3.8) is 0 Å². The Bertz CT molecular complexity index is 650. The van der Waals surface area contributed by atoms with Gasteiger partial charge in [-0.3, -0.25) is 0 Å². The summed E-state index contributed by atoms with van der Waals surface area (Å²) in [5.41, 5.74) is 3.86. The van der Waals surface area contributed by atoms with Gasteiger partial charge in [0.1, 0.15) is 5.82 Å². The molecule has 3 heteroatoms. The molecule has 1 aliphatic rings. The predicted molar refractivity (Wildman–Crippen MR) is 91.4 cm³/mol. The van der Waals surface area contributed by atoms with Crippen molar-refractivity contribution in [1.29, 1.82) is 0 Å². The van der Waals surface area contributed by atoms with Gasteiger partial charge in [-0.05, 0) is 65.2 Å². The molecule has 1 aromatic heterocycles. The van der Waals surface area contributed by atoms with Gasteiger partial charge in [0.05, 0.1) is 4.47 Å². The molecule has 0 amide bonds. The summed E-state index contributed by atoms with van der Waals surface area (Å²) in [4.78, 5) is 4.47. The van der Waals surface area contributed by atoms with Crippen LogP contribution in [0.3, 0.4) is 0 Å². The van der Waals surface area contributed by atoms with E-state index in [-0.39, 0.29) is 0 Å². The Labute approximate surface area is 134 Å². The van der Waals surface area contributed by atoms with Crippen molar-refractivity contribution in [3.8, 4) is 0 Å². The maximum Gasteiger partial charge on any atom is 0.144 e. The molecule has 1 aliphatic carbocycles. The molecular formula is C18H19BrN2. The summed E-state index contributed by atoms with van der Waals surface area (Å²) in [6, 6.07) is 12.9. The van der Waals surface area contributed by atoms with Gasteiger partial charge in [-0.2, -0.15) is 0 Å². The van der Waals surface area contributed by atoms with E-state index < -0.39 is 0 Å². The SMILES string of the molecule is Cc1cnc(NC2=CCCC(c3ccccc3)C2)c(Br)c1. The molecule has 0 aliphatic heterocycles. The minimum absolute atomic E-state index is 0.600. The summed E-state index contributed by atoms with van der Waals surface area (Å²) in [5.74, 6) is 1.50. The Kier molecular flexibility index (Phi) is 4.39. The van der Waals surface area contributed by atoms with Crippen LogP contribution in [0.4, 0.5) is 5.82 Å². The van der Waals surface area contributed by atoms with E-state index >= 15 is 0 Å². The lowest BCUT2D eigenvalue weighted by molar-refractivity contribution is 0.597. The maximum atomic E-state index is 4.47. The Hall–Kier alpha value is -1.61. The highest BCUT2D eigenvalue weighted by atomic mass is 79.9. The van der Waals surface area contributed by atoms with Crippen LogP contribution in [0.5, 0.6) is 0 Å². The third-order valence-corrected chi connectivity index (χ3v) is 4.50. The van der Waals surface area contributed by atoms with Gasteiger partial charge in [0, 0.05) is 11.9 Å². The number of hydrogen-bond donors (Lipinski definition) is 1. The lowest BCUT2D eigenvalue weighted by Gasteiger charge is -2.24. The summed E-state index contributed by atoms with van der Waals surface area (Å²) in [7, 11) is 0. The fourth-order valence-electron chi connectivity index (χ4n) is 2.80. The van der Waals surface area contributed by atoms with Gasteiger partial charge < -0.3 is 5.32 Å². The van der Waals surface area contributed by atoms with Crippen LogP contribution in [0.1, 0.15) is 36.3 Å². The largest absolute Gasteiger partial charge is 0.343 e. The molecule has 1 heterocycles. The number of anilines is 1. The number of nitrogens with zero attached hydrogens (tertiary/aromatic N) is 1. The van der Waals surface area contributed by atoms with Gasteiger partial charge in [-0.1, -0.05) is 36.4 Å². The molecule has 2 nitrogen and oxygen atoms in total. The van der Waals surface area contributed by atoms with E-state index in [1.54, 1.807) is 0 Å². The van der Waals surface area contributed by atoms with Gasteiger partial charge >= 0.3 is 0 Å². The third-order valence-electron chi connectivity index (χ3n) is 3.90. The van der Waals surface area contributed by atoms with Gasteiger partial charge in [-0.25, -0.2) is 4.98 Å². The number of halogens is 1. The van der Waals surface area contributed by atoms with Gasteiger partial charge in [0.15, 0.2) is 0 Å². The summed E-state index contributed by atoms with van der Waals surface area (Å²) in [6.07, 6.45) is 7.58. The molecule has 0 bridgehead atoms. The molecule has 1 N–H and O–H groups in total. The van der Waals surface area contributed by atoms with Crippen molar-refractivity contribution in [1.82, 2.24) is 4.98 Å². The number of rotatable bonds is 3. The van der Waals surface area contributed by atoms with Gasteiger partial charge in [0.25, 0.3) is 0 Å². The van der Waals surface area contributed by atoms with Crippen LogP contribution in [-0.4, -0.2) is 4.98 Å². The molecule has 0 saturated carbocycles. The number of allylic oxidation sites excluding steroid dienone is 2. The van der Waals surface area contributed by atoms with E-state index in [0.717, 1.165) is 28.7 Å². The second-order valence-corrected chi connectivity index (χ2v) is 6.44. The minimum Gasteiger partial charge on any atom is -0.343 e. The number of aromatic nitrogens is 1. The third kappa shape index (κ3) is 3.53. The quantitative estimate of drug-likeness (QED) is 0.805. The number of nitrogens with one attached hydrogen (secondary N) is 1. The van der Waals surface area contributed by atoms with Crippen LogP contribution in [0.2, 0.25) is 0 Å². The minimum atomic E-state index is 0.600. The molecule has 1 atom stereocenters. The fraction of sp³-hybridized carbons (Fsp3) is 0.278. The number of pyridine rings is 1. The summed E-state index contributed by atoms with van der Waals surface area (Å²) < 4.78 is 1.02. The molecule has 0 spiro atoms. The first-order chi connectivity index (χ1) is 10.2. The molecule has 2 aromatic rings. The van der Waals surface area contributed by atoms with Crippen LogP contribution >= 0.6 is 15.9 Å². The highest BCUT2D eigenvalue weighted by Crippen LogP contribution is 2.33. The van der Waals surface area contributed by atoms with Gasteiger partial charge in [0.2, 0.25) is 0 Å². The van der Waals surface area contributed by atoms with Crippen molar-refractivity contribution in [2.75, 3.05) is 5.32 Å². The smallest absolute Gasteiger partial charge is 0.144 e. The second kappa shape index (κ2) is 6.44. The molecule has 0 radical (unpaired) electrons. The van der Waals surface area contributed by atoms with Crippen molar-refractivity contribution >= 4 is 21.7 Å². The average molecular weight is 343 g/mol. The lowest BCUT2D eigenvalue weighted by atomic mass is 9.86. The first kappa shape index (κ1) is 14.3. The summed E-state index contributed by atoms with van der Waals surface area (Å²) in [6.45, 7) is 2.05. The first-order valence-electron chi connectivity index (χ1n) is 7.35. The Balaban J connectivity index is 1.73. The summed E-state index contributed by atoms with van der Waals surface area (Å²) in [5, 5.41) is 3.48. The highest BCUT2D eigenvalue weighted by molar-refractivity contribution is 9.10. The topological polar surface area (TPSA) is 24.9 Å². The zero-order valence-corrected chi connectivity index (χ0v) is 13.7. The predicted octanol–water partition coefficient (Wildman–Crippen LogP) is 5.42. The molecule has 3 rings (SSSR count). The number of hydrogen-bond acceptors (Lipinski definition) is 2. The van der Waals surface area contributed by atoms with E-state index in [1.807, 2.05) is 13.1 Å². The van der Waals surface area contributed by atoms with Crippen LogP contribution in [0.25, 0.3) is 0 Å². The maximum absolute atomic E-state index is 4.47. The zero-order chi connectivity index (χ0) is 14.7. The standard InChI is InChI=1S/C18H19BrN2/c1-13-10-17(19)18(20-12-13)21-16-9-5-8-15(11-16)14-6-3-2-4-7-14/h2-4,6-7,9-10,12,15H,5,8,11H2,1H3,(H,20,21). The van der Waals surface area contributed by atoms with E-state index in [9.17, 15) is 0 Å². The lowest BCUT2D eigenvalue weighted by Crippen LogP contribution is -2.11. The number of aryl methyl sites for hydroxylation is 1. The molecule has 1 unspecified atom stereocenters. The Morgan fingerprint density at radius 1 is 1.24 bits per heavy atom. The second-order valence-electron chi connectivity index (χ2n) is 5.59. The van der Waals surface area contributed by atoms with Crippen molar-refractivity contribution in [2.24, 2.45) is 0 Å². The highest BCUT2D eigenvalue weighted by Gasteiger charge is 2.18. The summed E-state index contributed by atoms with van der Waals surface area (Å²) >= 11 is 3.58. The Morgan fingerprint density at radius 3 is 2.81 bits per heavy atom. The van der Waals surface area contributed by atoms with Crippen molar-refractivity contribution < 1.29 is 0 Å². The molecule has 0 saturated heterocycles. The zero-order valence-electron chi connectivity index (χ0n) is 12.1. The van der Waals surface area contributed by atoms with Crippen LogP contribution in [-0.2, 0) is 0 Å². The molecule has 108 valence electrons. The molecular weight excluding hydrogens is 324 g/mol. The fourth-order valence-corrected chi connectivity index (χ4v) is 3.36. The molecule has 0 fully saturated rings. The van der Waals surface area contributed by atoms with Crippen molar-refractivity contribution in [3.05, 3.63) is 70.0 Å². The average Bonchev–Trinajstić information content (AvgIpc) is 2.51. The normalized spacial score (nSPS) is 18.2. The molecule has 21 heavy (non-hydrogen) atoms. The van der Waals surface area contributed by atoms with Crippen LogP contribution in [0.15, 0.2) is 58.8 Å². The van der Waals surface area contributed by atoms with E-state index in [1.165, 1.54) is 17.7 Å². The van der Waals surface area contributed by atoms with Crippen LogP contribution in [0, 0.1) is 6.92 Å². The first-order valence-corrected chi connectivity index (χ1v) is 8.15. The van der Waals surface area contributed by atoms with Gasteiger partial charge in [-0.15, -0.1) is 0 Å². The van der Waals surface area contributed by atoms with Crippen LogP contribution < -0.4 is 5.32 Å². The molecule has 1 aromatic carbocycles. The van der Waals surface area contributed by atoms with Crippen molar-refractivity contribution in [2.45, 2.75) is 32.1 Å². The van der Waals surface area contributed by atoms with E-state index in [2.05, 4.69) is 68.7 Å². The Morgan fingerprint density at radius 2 is 2.05 bits per heavy atom. The number of benzene rings is 1.